The number of anilines is 1. The molecule has 0 aliphatic carbocycles. The van der Waals surface area contributed by atoms with E-state index in [0.29, 0.717) is 27.8 Å². The van der Waals surface area contributed by atoms with Crippen molar-refractivity contribution in [1.82, 2.24) is 19.7 Å². The summed E-state index contributed by atoms with van der Waals surface area (Å²) in [5.41, 5.74) is 2.68. The number of hydrogen-bond donors (Lipinski definition) is 1. The lowest BCUT2D eigenvalue weighted by Crippen LogP contribution is -2.21. The maximum Gasteiger partial charge on any atom is 0.253 e. The zero-order valence-electron chi connectivity index (χ0n) is 18.6. The summed E-state index contributed by atoms with van der Waals surface area (Å²) in [7, 11) is 3.37. The number of rotatable bonds is 7. The molecule has 0 unspecified atom stereocenters. The van der Waals surface area contributed by atoms with Gasteiger partial charge in [0.1, 0.15) is 5.82 Å². The van der Waals surface area contributed by atoms with E-state index in [4.69, 9.17) is 0 Å². The van der Waals surface area contributed by atoms with Crippen LogP contribution < -0.4 is 5.32 Å². The van der Waals surface area contributed by atoms with Gasteiger partial charge in [0.25, 0.3) is 5.91 Å². The molecule has 0 saturated carbocycles. The SMILES string of the molecule is CN(C)C(=O)c1ccc(NC(=O)CSc2nnc(-c3ccc(F)cc3)n2-c2ccccc2)cc1. The van der Waals surface area contributed by atoms with Crippen LogP contribution in [0.1, 0.15) is 10.4 Å². The van der Waals surface area contributed by atoms with E-state index in [1.165, 1.54) is 28.8 Å². The van der Waals surface area contributed by atoms with Crippen LogP contribution in [0.15, 0.2) is 84.0 Å². The van der Waals surface area contributed by atoms with Crippen molar-refractivity contribution in [3.63, 3.8) is 0 Å². The largest absolute Gasteiger partial charge is 0.345 e. The Kier molecular flexibility index (Phi) is 7.03. The number of halogens is 1. The molecule has 0 aliphatic rings. The molecule has 7 nitrogen and oxygen atoms in total. The van der Waals surface area contributed by atoms with Gasteiger partial charge in [-0.3, -0.25) is 14.2 Å². The monoisotopic (exact) mass is 475 g/mol. The molecule has 2 amide bonds. The summed E-state index contributed by atoms with van der Waals surface area (Å²) in [5.74, 6) is -0.00400. The molecule has 0 radical (unpaired) electrons. The van der Waals surface area contributed by atoms with Crippen molar-refractivity contribution >= 4 is 29.3 Å². The number of carbonyl (C=O) groups excluding carboxylic acids is 2. The highest BCUT2D eigenvalue weighted by molar-refractivity contribution is 7.99. The fourth-order valence-corrected chi connectivity index (χ4v) is 3.99. The molecule has 9 heteroatoms. The smallest absolute Gasteiger partial charge is 0.253 e. The Labute approximate surface area is 200 Å². The minimum atomic E-state index is -0.333. The molecule has 34 heavy (non-hydrogen) atoms. The van der Waals surface area contributed by atoms with Gasteiger partial charge in [0.05, 0.1) is 5.75 Å². The van der Waals surface area contributed by atoms with E-state index >= 15 is 0 Å². The summed E-state index contributed by atoms with van der Waals surface area (Å²) in [5, 5.41) is 11.9. The van der Waals surface area contributed by atoms with Gasteiger partial charge < -0.3 is 10.2 Å². The van der Waals surface area contributed by atoms with Gasteiger partial charge >= 0.3 is 0 Å². The number of nitrogens with zero attached hydrogens (tertiary/aromatic N) is 4. The van der Waals surface area contributed by atoms with Crippen molar-refractivity contribution in [2.24, 2.45) is 0 Å². The van der Waals surface area contributed by atoms with Crippen LogP contribution in [0.4, 0.5) is 10.1 Å². The van der Waals surface area contributed by atoms with Crippen molar-refractivity contribution in [3.05, 3.63) is 90.2 Å². The van der Waals surface area contributed by atoms with Crippen LogP contribution in [0.2, 0.25) is 0 Å². The van der Waals surface area contributed by atoms with Crippen molar-refractivity contribution in [2.75, 3.05) is 25.2 Å². The number of para-hydroxylation sites is 1. The predicted octanol–water partition coefficient (Wildman–Crippen LogP) is 4.51. The zero-order valence-corrected chi connectivity index (χ0v) is 19.4. The van der Waals surface area contributed by atoms with Gasteiger partial charge in [0.15, 0.2) is 11.0 Å². The summed E-state index contributed by atoms with van der Waals surface area (Å²) >= 11 is 1.24. The van der Waals surface area contributed by atoms with E-state index in [1.54, 1.807) is 50.5 Å². The van der Waals surface area contributed by atoms with Gasteiger partial charge in [-0.1, -0.05) is 30.0 Å². The Hall–Kier alpha value is -3.98. The highest BCUT2D eigenvalue weighted by Gasteiger charge is 2.17. The summed E-state index contributed by atoms with van der Waals surface area (Å²) in [4.78, 5) is 26.1. The van der Waals surface area contributed by atoms with Crippen molar-refractivity contribution in [2.45, 2.75) is 5.16 Å². The molecular formula is C25H22FN5O2S. The average Bonchev–Trinajstić information content (AvgIpc) is 3.27. The number of thioether (sulfide) groups is 1. The molecular weight excluding hydrogens is 453 g/mol. The first-order valence-corrected chi connectivity index (χ1v) is 11.4. The van der Waals surface area contributed by atoms with Gasteiger partial charge in [0.2, 0.25) is 5.91 Å². The molecule has 0 bridgehead atoms. The third kappa shape index (κ3) is 5.32. The molecule has 0 atom stereocenters. The summed E-state index contributed by atoms with van der Waals surface area (Å²) in [6, 6.07) is 22.3. The quantitative estimate of drug-likeness (QED) is 0.398. The lowest BCUT2D eigenvalue weighted by Gasteiger charge is -2.11. The van der Waals surface area contributed by atoms with Crippen molar-refractivity contribution in [1.29, 1.82) is 0 Å². The summed E-state index contributed by atoms with van der Waals surface area (Å²) in [6.45, 7) is 0. The van der Waals surface area contributed by atoms with E-state index in [0.717, 1.165) is 5.69 Å². The second-order valence-corrected chi connectivity index (χ2v) is 8.54. The Morgan fingerprint density at radius 1 is 0.941 bits per heavy atom. The molecule has 0 saturated heterocycles. The molecule has 4 rings (SSSR count). The predicted molar refractivity (Wildman–Crippen MR) is 131 cm³/mol. The van der Waals surface area contributed by atoms with E-state index in [-0.39, 0.29) is 23.4 Å². The molecule has 3 aromatic carbocycles. The summed E-state index contributed by atoms with van der Waals surface area (Å²) in [6.07, 6.45) is 0. The van der Waals surface area contributed by atoms with Crippen LogP contribution in [0.3, 0.4) is 0 Å². The Morgan fingerprint density at radius 3 is 2.26 bits per heavy atom. The van der Waals surface area contributed by atoms with E-state index in [1.807, 2.05) is 34.9 Å². The van der Waals surface area contributed by atoms with E-state index in [9.17, 15) is 14.0 Å². The number of nitrogens with one attached hydrogen (secondary N) is 1. The van der Waals surface area contributed by atoms with Crippen LogP contribution in [0.25, 0.3) is 17.1 Å². The lowest BCUT2D eigenvalue weighted by atomic mass is 10.2. The first kappa shape index (κ1) is 23.2. The molecule has 1 aromatic heterocycles. The van der Waals surface area contributed by atoms with Crippen LogP contribution in [0, 0.1) is 5.82 Å². The second-order valence-electron chi connectivity index (χ2n) is 7.60. The standard InChI is InChI=1S/C25H22FN5O2S/c1-30(2)24(33)18-10-14-20(15-11-18)27-22(32)16-34-25-29-28-23(17-8-12-19(26)13-9-17)31(25)21-6-4-3-5-7-21/h3-15H,16H2,1-2H3,(H,27,32). The number of carbonyl (C=O) groups is 2. The number of amides is 2. The highest BCUT2D eigenvalue weighted by Crippen LogP contribution is 2.28. The van der Waals surface area contributed by atoms with Crippen molar-refractivity contribution < 1.29 is 14.0 Å². The third-order valence-electron chi connectivity index (χ3n) is 4.90. The molecule has 4 aromatic rings. The van der Waals surface area contributed by atoms with Gasteiger partial charge in [-0.25, -0.2) is 4.39 Å². The number of aromatic nitrogens is 3. The van der Waals surface area contributed by atoms with Gasteiger partial charge in [0, 0.05) is 36.6 Å². The molecule has 0 spiro atoms. The highest BCUT2D eigenvalue weighted by atomic mass is 32.2. The normalized spacial score (nSPS) is 10.7. The number of benzene rings is 3. The lowest BCUT2D eigenvalue weighted by molar-refractivity contribution is -0.113. The molecule has 172 valence electrons. The first-order valence-electron chi connectivity index (χ1n) is 10.4. The minimum absolute atomic E-state index is 0.104. The fraction of sp³-hybridized carbons (Fsp3) is 0.120. The third-order valence-corrected chi connectivity index (χ3v) is 5.83. The average molecular weight is 476 g/mol. The maximum absolute atomic E-state index is 13.4. The molecule has 1 N–H and O–H groups in total. The van der Waals surface area contributed by atoms with E-state index in [2.05, 4.69) is 15.5 Å². The van der Waals surface area contributed by atoms with Crippen LogP contribution in [-0.4, -0.2) is 51.3 Å². The topological polar surface area (TPSA) is 80.1 Å². The zero-order chi connectivity index (χ0) is 24.1. The van der Waals surface area contributed by atoms with E-state index < -0.39 is 0 Å². The summed E-state index contributed by atoms with van der Waals surface area (Å²) < 4.78 is 15.2. The van der Waals surface area contributed by atoms with Gasteiger partial charge in [-0.05, 0) is 60.7 Å². The number of hydrogen-bond acceptors (Lipinski definition) is 5. The Bertz CT molecular complexity index is 1290. The van der Waals surface area contributed by atoms with Gasteiger partial charge in [-0.2, -0.15) is 0 Å². The maximum atomic E-state index is 13.4. The van der Waals surface area contributed by atoms with Crippen molar-refractivity contribution in [3.8, 4) is 17.1 Å². The minimum Gasteiger partial charge on any atom is -0.345 e. The van der Waals surface area contributed by atoms with Gasteiger partial charge in [-0.15, -0.1) is 10.2 Å². The fourth-order valence-electron chi connectivity index (χ4n) is 3.24. The Morgan fingerprint density at radius 2 is 1.62 bits per heavy atom. The molecule has 0 fully saturated rings. The second kappa shape index (κ2) is 10.3. The molecule has 0 aliphatic heterocycles. The first-order chi connectivity index (χ1) is 16.4. The molecule has 1 heterocycles. The van der Waals surface area contributed by atoms with Crippen LogP contribution in [-0.2, 0) is 4.79 Å². The van der Waals surface area contributed by atoms with Crippen LogP contribution >= 0.6 is 11.8 Å². The van der Waals surface area contributed by atoms with Crippen LogP contribution in [0.5, 0.6) is 0 Å². The Balaban J connectivity index is 1.50.